The Bertz CT molecular complexity index is 366. The molecule has 0 aliphatic carbocycles. The first kappa shape index (κ1) is 11.4. The summed E-state index contributed by atoms with van der Waals surface area (Å²) in [7, 11) is 1.60. The van der Waals surface area contributed by atoms with Crippen LogP contribution in [0.2, 0.25) is 0 Å². The van der Waals surface area contributed by atoms with Gasteiger partial charge in [-0.2, -0.15) is 5.26 Å². The van der Waals surface area contributed by atoms with Gasteiger partial charge in [-0.1, -0.05) is 12.1 Å². The lowest BCUT2D eigenvalue weighted by Crippen LogP contribution is -2.27. The quantitative estimate of drug-likeness (QED) is 0.759. The zero-order valence-electron chi connectivity index (χ0n) is 9.28. The van der Waals surface area contributed by atoms with Crippen LogP contribution in [0.1, 0.15) is 20.3 Å². The van der Waals surface area contributed by atoms with Gasteiger partial charge < -0.3 is 9.47 Å². The summed E-state index contributed by atoms with van der Waals surface area (Å²) in [6.45, 7) is 3.76. The predicted octanol–water partition coefficient (Wildman–Crippen LogP) is 2.77. The van der Waals surface area contributed by atoms with E-state index in [9.17, 15) is 0 Å². The fraction of sp³-hybridized carbons (Fsp3) is 0.417. The van der Waals surface area contributed by atoms with Crippen molar-refractivity contribution in [3.05, 3.63) is 24.3 Å². The molecule has 0 heterocycles. The molecule has 0 atom stereocenters. The maximum absolute atomic E-state index is 8.65. The van der Waals surface area contributed by atoms with Crippen molar-refractivity contribution in [2.45, 2.75) is 25.9 Å². The van der Waals surface area contributed by atoms with E-state index >= 15 is 0 Å². The van der Waals surface area contributed by atoms with E-state index in [-0.39, 0.29) is 0 Å². The highest BCUT2D eigenvalue weighted by atomic mass is 16.5. The molecule has 0 spiro atoms. The van der Waals surface area contributed by atoms with Gasteiger partial charge in [-0.15, -0.1) is 0 Å². The number of nitrogens with zero attached hydrogens (tertiary/aromatic N) is 1. The maximum atomic E-state index is 8.65. The monoisotopic (exact) mass is 205 g/mol. The molecule has 1 aromatic carbocycles. The third-order valence-corrected chi connectivity index (χ3v) is 1.96. The van der Waals surface area contributed by atoms with Gasteiger partial charge in [0, 0.05) is 0 Å². The molecule has 3 heteroatoms. The SMILES string of the molecule is COc1ccccc1OC(C)(C)CC#N. The number of nitriles is 1. The van der Waals surface area contributed by atoms with Crippen molar-refractivity contribution in [3.63, 3.8) is 0 Å². The van der Waals surface area contributed by atoms with Crippen LogP contribution in [0.15, 0.2) is 24.3 Å². The van der Waals surface area contributed by atoms with Crippen molar-refractivity contribution in [3.8, 4) is 17.6 Å². The number of ether oxygens (including phenoxy) is 2. The average Bonchev–Trinajstić information content (AvgIpc) is 2.17. The molecule has 0 radical (unpaired) electrons. The molecule has 0 fully saturated rings. The minimum absolute atomic E-state index is 0.338. The van der Waals surface area contributed by atoms with Crippen LogP contribution in [0.4, 0.5) is 0 Å². The lowest BCUT2D eigenvalue weighted by atomic mass is 10.1. The van der Waals surface area contributed by atoms with Gasteiger partial charge in [-0.3, -0.25) is 0 Å². The molecule has 0 saturated carbocycles. The van der Waals surface area contributed by atoms with Crippen molar-refractivity contribution >= 4 is 0 Å². The molecule has 0 N–H and O–H groups in total. The fourth-order valence-electron chi connectivity index (χ4n) is 1.23. The summed E-state index contributed by atoms with van der Waals surface area (Å²) in [6, 6.07) is 9.52. The van der Waals surface area contributed by atoms with E-state index in [2.05, 4.69) is 6.07 Å². The van der Waals surface area contributed by atoms with Crippen LogP contribution >= 0.6 is 0 Å². The molecule has 3 nitrogen and oxygen atoms in total. The van der Waals surface area contributed by atoms with Gasteiger partial charge in [-0.25, -0.2) is 0 Å². The molecular weight excluding hydrogens is 190 g/mol. The van der Waals surface area contributed by atoms with Crippen molar-refractivity contribution < 1.29 is 9.47 Å². The smallest absolute Gasteiger partial charge is 0.162 e. The van der Waals surface area contributed by atoms with Crippen molar-refractivity contribution in [1.29, 1.82) is 5.26 Å². The first-order valence-electron chi connectivity index (χ1n) is 4.78. The van der Waals surface area contributed by atoms with Crippen LogP contribution in [-0.4, -0.2) is 12.7 Å². The number of hydrogen-bond donors (Lipinski definition) is 0. The Morgan fingerprint density at radius 3 is 2.40 bits per heavy atom. The Balaban J connectivity index is 2.85. The zero-order chi connectivity index (χ0) is 11.3. The highest BCUT2D eigenvalue weighted by Gasteiger charge is 2.20. The number of benzene rings is 1. The summed E-state index contributed by atoms with van der Waals surface area (Å²) in [5.74, 6) is 1.35. The molecule has 15 heavy (non-hydrogen) atoms. The van der Waals surface area contributed by atoms with E-state index in [4.69, 9.17) is 14.7 Å². The molecule has 1 rings (SSSR count). The van der Waals surface area contributed by atoms with E-state index < -0.39 is 5.60 Å². The molecule has 0 amide bonds. The van der Waals surface area contributed by atoms with E-state index in [0.29, 0.717) is 17.9 Å². The lowest BCUT2D eigenvalue weighted by Gasteiger charge is -2.24. The first-order chi connectivity index (χ1) is 7.09. The van der Waals surface area contributed by atoms with Crippen molar-refractivity contribution in [2.24, 2.45) is 0 Å². The highest BCUT2D eigenvalue weighted by molar-refractivity contribution is 5.39. The van der Waals surface area contributed by atoms with Crippen LogP contribution in [0, 0.1) is 11.3 Å². The molecule has 0 aromatic heterocycles. The Morgan fingerprint density at radius 2 is 1.87 bits per heavy atom. The number of para-hydroxylation sites is 2. The van der Waals surface area contributed by atoms with Crippen LogP contribution < -0.4 is 9.47 Å². The van der Waals surface area contributed by atoms with Gasteiger partial charge in [0.1, 0.15) is 5.60 Å². The van der Waals surface area contributed by atoms with Crippen molar-refractivity contribution in [1.82, 2.24) is 0 Å². The third-order valence-electron chi connectivity index (χ3n) is 1.96. The molecular formula is C12H15NO2. The molecule has 80 valence electrons. The van der Waals surface area contributed by atoms with Crippen LogP contribution in [0.25, 0.3) is 0 Å². The largest absolute Gasteiger partial charge is 0.493 e. The molecule has 0 aliphatic rings. The Labute approximate surface area is 90.2 Å². The minimum atomic E-state index is -0.497. The first-order valence-corrected chi connectivity index (χ1v) is 4.78. The summed E-state index contributed by atoms with van der Waals surface area (Å²) in [4.78, 5) is 0. The maximum Gasteiger partial charge on any atom is 0.162 e. The van der Waals surface area contributed by atoms with Gasteiger partial charge in [0.2, 0.25) is 0 Å². The van der Waals surface area contributed by atoms with Gasteiger partial charge >= 0.3 is 0 Å². The van der Waals surface area contributed by atoms with E-state index in [1.807, 2.05) is 38.1 Å². The molecule has 0 unspecified atom stereocenters. The normalized spacial score (nSPS) is 10.5. The lowest BCUT2D eigenvalue weighted by molar-refractivity contribution is 0.110. The van der Waals surface area contributed by atoms with Gasteiger partial charge in [0.05, 0.1) is 19.6 Å². The molecule has 0 bridgehead atoms. The fourth-order valence-corrected chi connectivity index (χ4v) is 1.23. The summed E-state index contributed by atoms with van der Waals surface area (Å²) in [5, 5.41) is 8.65. The summed E-state index contributed by atoms with van der Waals surface area (Å²) in [5.41, 5.74) is -0.497. The van der Waals surface area contributed by atoms with Crippen molar-refractivity contribution in [2.75, 3.05) is 7.11 Å². The third kappa shape index (κ3) is 3.17. The molecule has 0 saturated heterocycles. The number of hydrogen-bond acceptors (Lipinski definition) is 3. The Hall–Kier alpha value is -1.69. The second-order valence-electron chi connectivity index (χ2n) is 3.85. The number of rotatable bonds is 4. The summed E-state index contributed by atoms with van der Waals surface area (Å²) < 4.78 is 10.9. The second kappa shape index (κ2) is 4.70. The molecule has 1 aromatic rings. The number of methoxy groups -OCH3 is 1. The van der Waals surface area contributed by atoms with E-state index in [1.54, 1.807) is 7.11 Å². The minimum Gasteiger partial charge on any atom is -0.493 e. The summed E-state index contributed by atoms with van der Waals surface area (Å²) >= 11 is 0. The van der Waals surface area contributed by atoms with Crippen LogP contribution in [0.3, 0.4) is 0 Å². The topological polar surface area (TPSA) is 42.2 Å². The molecule has 0 aliphatic heterocycles. The Kier molecular flexibility index (Phi) is 3.56. The Morgan fingerprint density at radius 1 is 1.27 bits per heavy atom. The standard InChI is InChI=1S/C12H15NO2/c1-12(2,8-9-13)15-11-7-5-4-6-10(11)14-3/h4-7H,8H2,1-3H3. The van der Waals surface area contributed by atoms with Gasteiger partial charge in [0.25, 0.3) is 0 Å². The van der Waals surface area contributed by atoms with Gasteiger partial charge in [0.15, 0.2) is 11.5 Å². The van der Waals surface area contributed by atoms with Gasteiger partial charge in [-0.05, 0) is 26.0 Å². The second-order valence-corrected chi connectivity index (χ2v) is 3.85. The predicted molar refractivity (Wildman–Crippen MR) is 57.9 cm³/mol. The van der Waals surface area contributed by atoms with E-state index in [1.165, 1.54) is 0 Å². The van der Waals surface area contributed by atoms with Crippen LogP contribution in [-0.2, 0) is 0 Å². The highest BCUT2D eigenvalue weighted by Crippen LogP contribution is 2.30. The average molecular weight is 205 g/mol. The zero-order valence-corrected chi connectivity index (χ0v) is 9.28. The van der Waals surface area contributed by atoms with Crippen LogP contribution in [0.5, 0.6) is 11.5 Å². The van der Waals surface area contributed by atoms with E-state index in [0.717, 1.165) is 0 Å². The summed E-state index contributed by atoms with van der Waals surface area (Å²) in [6.07, 6.45) is 0.338.